The standard InChI is InChI=1S/C20H20Cl2N6O4/c1-24-11-23-17-16(24)19(31)28(20(32)25(17)2)10-14(29)26-6-8-27(9-7-26)18(30)12-4-3-5-13(21)15(12)22/h3-5,11H,6-10H2,1-2H3. The van der Waals surface area contributed by atoms with E-state index >= 15 is 0 Å². The van der Waals surface area contributed by atoms with Gasteiger partial charge in [0.05, 0.1) is 21.9 Å². The maximum absolute atomic E-state index is 12.8. The quantitative estimate of drug-likeness (QED) is 0.551. The zero-order valence-electron chi connectivity index (χ0n) is 17.4. The summed E-state index contributed by atoms with van der Waals surface area (Å²) in [5.74, 6) is -0.644. The number of hydrogen-bond acceptors (Lipinski definition) is 5. The molecular weight excluding hydrogens is 459 g/mol. The molecule has 1 aliphatic heterocycles. The number of rotatable bonds is 3. The SMILES string of the molecule is Cn1cnc2c1c(=O)n(CC(=O)N1CCN(C(=O)c3cccc(Cl)c3Cl)CC1)c(=O)n2C. The molecule has 0 saturated carbocycles. The molecule has 0 aliphatic carbocycles. The van der Waals surface area contributed by atoms with E-state index in [4.69, 9.17) is 23.2 Å². The van der Waals surface area contributed by atoms with Crippen LogP contribution in [0.4, 0.5) is 0 Å². The number of carbonyl (C=O) groups is 2. The Kier molecular flexibility index (Phi) is 5.83. The zero-order valence-corrected chi connectivity index (χ0v) is 18.9. The molecule has 1 saturated heterocycles. The predicted molar refractivity (Wildman–Crippen MR) is 119 cm³/mol. The Morgan fingerprint density at radius 2 is 1.69 bits per heavy atom. The van der Waals surface area contributed by atoms with Crippen LogP contribution in [0.25, 0.3) is 11.2 Å². The average Bonchev–Trinajstić information content (AvgIpc) is 3.18. The largest absolute Gasteiger partial charge is 0.338 e. The summed E-state index contributed by atoms with van der Waals surface area (Å²) in [6.07, 6.45) is 1.44. The maximum atomic E-state index is 12.8. The van der Waals surface area contributed by atoms with E-state index in [-0.39, 0.29) is 47.6 Å². The molecule has 1 aliphatic rings. The predicted octanol–water partition coefficient (Wildman–Crippen LogP) is 0.725. The van der Waals surface area contributed by atoms with Crippen molar-refractivity contribution < 1.29 is 9.59 Å². The number of aryl methyl sites for hydroxylation is 2. The van der Waals surface area contributed by atoms with Gasteiger partial charge in [-0.15, -0.1) is 0 Å². The van der Waals surface area contributed by atoms with E-state index in [0.29, 0.717) is 23.7 Å². The van der Waals surface area contributed by atoms with Crippen molar-refractivity contribution in [3.05, 3.63) is 61.0 Å². The molecule has 0 atom stereocenters. The molecule has 168 valence electrons. The molecular formula is C20H20Cl2N6O4. The number of carbonyl (C=O) groups excluding carboxylic acids is 2. The van der Waals surface area contributed by atoms with Crippen molar-refractivity contribution in [2.45, 2.75) is 6.54 Å². The summed E-state index contributed by atoms with van der Waals surface area (Å²) in [6.45, 7) is 0.737. The summed E-state index contributed by atoms with van der Waals surface area (Å²) in [7, 11) is 3.15. The molecule has 3 aromatic rings. The van der Waals surface area contributed by atoms with Crippen LogP contribution in [0.15, 0.2) is 34.1 Å². The van der Waals surface area contributed by atoms with Crippen molar-refractivity contribution >= 4 is 46.2 Å². The van der Waals surface area contributed by atoms with E-state index in [9.17, 15) is 19.2 Å². The number of amides is 2. The fraction of sp³-hybridized carbons (Fsp3) is 0.350. The molecule has 3 heterocycles. The minimum Gasteiger partial charge on any atom is -0.338 e. The van der Waals surface area contributed by atoms with Crippen molar-refractivity contribution in [2.75, 3.05) is 26.2 Å². The molecule has 10 nitrogen and oxygen atoms in total. The maximum Gasteiger partial charge on any atom is 0.332 e. The lowest BCUT2D eigenvalue weighted by Crippen LogP contribution is -2.52. The number of piperazine rings is 1. The number of aromatic nitrogens is 4. The first-order valence-corrected chi connectivity index (χ1v) is 10.6. The van der Waals surface area contributed by atoms with Gasteiger partial charge in [-0.1, -0.05) is 29.3 Å². The van der Waals surface area contributed by atoms with Crippen molar-refractivity contribution in [3.63, 3.8) is 0 Å². The lowest BCUT2D eigenvalue weighted by molar-refractivity contribution is -0.133. The van der Waals surface area contributed by atoms with Crippen molar-refractivity contribution in [1.29, 1.82) is 0 Å². The van der Waals surface area contributed by atoms with Gasteiger partial charge in [0.15, 0.2) is 11.2 Å². The van der Waals surface area contributed by atoms with Crippen LogP contribution in [0.1, 0.15) is 10.4 Å². The van der Waals surface area contributed by atoms with Crippen LogP contribution in [0, 0.1) is 0 Å². The third-order valence-electron chi connectivity index (χ3n) is 5.60. The Balaban J connectivity index is 1.49. The number of benzene rings is 1. The molecule has 0 bridgehead atoms. The topological polar surface area (TPSA) is 102 Å². The third kappa shape index (κ3) is 3.69. The molecule has 2 aromatic heterocycles. The van der Waals surface area contributed by atoms with Crippen LogP contribution < -0.4 is 11.2 Å². The molecule has 4 rings (SSSR count). The van der Waals surface area contributed by atoms with E-state index in [0.717, 1.165) is 4.57 Å². The normalized spacial score (nSPS) is 14.2. The smallest absolute Gasteiger partial charge is 0.332 e. The number of imidazole rings is 1. The molecule has 32 heavy (non-hydrogen) atoms. The van der Waals surface area contributed by atoms with Crippen LogP contribution in [0.3, 0.4) is 0 Å². The highest BCUT2D eigenvalue weighted by Gasteiger charge is 2.27. The molecule has 1 aromatic carbocycles. The van der Waals surface area contributed by atoms with Crippen LogP contribution in [0.2, 0.25) is 10.0 Å². The summed E-state index contributed by atoms with van der Waals surface area (Å²) in [4.78, 5) is 58.2. The zero-order chi connectivity index (χ0) is 23.2. The van der Waals surface area contributed by atoms with Crippen LogP contribution >= 0.6 is 23.2 Å². The van der Waals surface area contributed by atoms with Gasteiger partial charge in [-0.2, -0.15) is 0 Å². The molecule has 0 radical (unpaired) electrons. The fourth-order valence-corrected chi connectivity index (χ4v) is 4.15. The number of halogens is 2. The van der Waals surface area contributed by atoms with E-state index < -0.39 is 11.2 Å². The molecule has 0 spiro atoms. The Morgan fingerprint density at radius 1 is 1.03 bits per heavy atom. The lowest BCUT2D eigenvalue weighted by Gasteiger charge is -2.35. The summed E-state index contributed by atoms with van der Waals surface area (Å²) in [5.41, 5.74) is -0.370. The summed E-state index contributed by atoms with van der Waals surface area (Å²) < 4.78 is 3.68. The Morgan fingerprint density at radius 3 is 2.38 bits per heavy atom. The van der Waals surface area contributed by atoms with Crippen molar-refractivity contribution in [1.82, 2.24) is 28.5 Å². The van der Waals surface area contributed by atoms with Gasteiger partial charge in [-0.05, 0) is 12.1 Å². The molecule has 0 unspecified atom stereocenters. The van der Waals surface area contributed by atoms with Gasteiger partial charge < -0.3 is 14.4 Å². The first-order valence-electron chi connectivity index (χ1n) is 9.82. The summed E-state index contributed by atoms with van der Waals surface area (Å²) in [5, 5.41) is 0.488. The van der Waals surface area contributed by atoms with Gasteiger partial charge in [0.1, 0.15) is 6.54 Å². The highest BCUT2D eigenvalue weighted by atomic mass is 35.5. The average molecular weight is 479 g/mol. The molecule has 1 fully saturated rings. The van der Waals surface area contributed by atoms with Gasteiger partial charge in [-0.3, -0.25) is 19.0 Å². The van der Waals surface area contributed by atoms with Gasteiger partial charge in [-0.25, -0.2) is 14.3 Å². The molecule has 12 heteroatoms. The minimum absolute atomic E-state index is 0.193. The van der Waals surface area contributed by atoms with Gasteiger partial charge in [0.2, 0.25) is 5.91 Å². The first kappa shape index (κ1) is 22.1. The summed E-state index contributed by atoms with van der Waals surface area (Å²) in [6, 6.07) is 4.86. The summed E-state index contributed by atoms with van der Waals surface area (Å²) >= 11 is 12.1. The van der Waals surface area contributed by atoms with Crippen LogP contribution in [-0.2, 0) is 25.4 Å². The second kappa shape index (κ2) is 8.44. The van der Waals surface area contributed by atoms with Gasteiger partial charge in [0.25, 0.3) is 11.5 Å². The van der Waals surface area contributed by atoms with Gasteiger partial charge >= 0.3 is 5.69 Å². The highest BCUT2D eigenvalue weighted by molar-refractivity contribution is 6.43. The second-order valence-electron chi connectivity index (χ2n) is 7.53. The Labute approximate surface area is 192 Å². The third-order valence-corrected chi connectivity index (χ3v) is 6.41. The Bertz CT molecular complexity index is 1350. The monoisotopic (exact) mass is 478 g/mol. The van der Waals surface area contributed by atoms with E-state index in [1.165, 1.54) is 27.4 Å². The number of fused-ring (bicyclic) bond motifs is 1. The fourth-order valence-electron chi connectivity index (χ4n) is 3.77. The molecule has 0 N–H and O–H groups in total. The first-order chi connectivity index (χ1) is 15.2. The van der Waals surface area contributed by atoms with Gasteiger partial charge in [0, 0.05) is 40.3 Å². The van der Waals surface area contributed by atoms with E-state index in [1.807, 2.05) is 0 Å². The van der Waals surface area contributed by atoms with Crippen LogP contribution in [-0.4, -0.2) is 66.5 Å². The van der Waals surface area contributed by atoms with E-state index in [2.05, 4.69) is 4.98 Å². The lowest BCUT2D eigenvalue weighted by atomic mass is 10.1. The van der Waals surface area contributed by atoms with Crippen molar-refractivity contribution in [3.8, 4) is 0 Å². The van der Waals surface area contributed by atoms with Crippen LogP contribution in [0.5, 0.6) is 0 Å². The van der Waals surface area contributed by atoms with Crippen molar-refractivity contribution in [2.24, 2.45) is 14.1 Å². The minimum atomic E-state index is -0.612. The molecule has 2 amide bonds. The highest BCUT2D eigenvalue weighted by Crippen LogP contribution is 2.26. The Hall–Kier alpha value is -3.11. The number of hydrogen-bond donors (Lipinski definition) is 0. The second-order valence-corrected chi connectivity index (χ2v) is 8.32. The van der Waals surface area contributed by atoms with E-state index in [1.54, 1.807) is 30.1 Å². The number of nitrogens with zero attached hydrogens (tertiary/aromatic N) is 6.